The van der Waals surface area contributed by atoms with Crippen LogP contribution in [0.5, 0.6) is 0 Å². The van der Waals surface area contributed by atoms with Crippen LogP contribution in [0.15, 0.2) is 47.4 Å². The Morgan fingerprint density at radius 3 is 2.24 bits per heavy atom. The van der Waals surface area contributed by atoms with Crippen LogP contribution in [0, 0.1) is 24.0 Å². The molecule has 0 aliphatic heterocycles. The summed E-state index contributed by atoms with van der Waals surface area (Å²) in [5.41, 5.74) is 2.31. The highest BCUT2D eigenvalue weighted by molar-refractivity contribution is 7.93. The maximum Gasteiger partial charge on any atom is 0.328 e. The van der Waals surface area contributed by atoms with Gasteiger partial charge in [-0.3, -0.25) is 14.9 Å². The second-order valence-electron chi connectivity index (χ2n) is 7.45. The molecule has 7 nitrogen and oxygen atoms in total. The van der Waals surface area contributed by atoms with E-state index in [-0.39, 0.29) is 30.0 Å². The average Bonchev–Trinajstić information content (AvgIpc) is 3.20. The first kappa shape index (κ1) is 21.0. The molecule has 8 heteroatoms. The minimum Gasteiger partial charge on any atom is -0.460 e. The Balaban J connectivity index is 1.84. The first-order valence-corrected chi connectivity index (χ1v) is 10.9. The molecule has 1 saturated carbocycles. The number of sulfone groups is 1. The molecule has 0 aromatic heterocycles. The van der Waals surface area contributed by atoms with E-state index in [1.165, 1.54) is 24.3 Å². The summed E-state index contributed by atoms with van der Waals surface area (Å²) in [7, 11) is -3.93. The first-order chi connectivity index (χ1) is 13.7. The lowest BCUT2D eigenvalue weighted by Gasteiger charge is -2.27. The second-order valence-corrected chi connectivity index (χ2v) is 9.71. The van der Waals surface area contributed by atoms with Gasteiger partial charge in [0.05, 0.1) is 9.82 Å². The normalized spacial score (nSPS) is 15.8. The van der Waals surface area contributed by atoms with Crippen molar-refractivity contribution >= 4 is 21.5 Å². The van der Waals surface area contributed by atoms with Crippen molar-refractivity contribution in [3.8, 4) is 0 Å². The van der Waals surface area contributed by atoms with Gasteiger partial charge in [-0.2, -0.15) is 0 Å². The van der Waals surface area contributed by atoms with Crippen molar-refractivity contribution < 1.29 is 22.9 Å². The molecule has 0 saturated heterocycles. The molecule has 0 N–H and O–H groups in total. The van der Waals surface area contributed by atoms with Gasteiger partial charge in [0.1, 0.15) is 6.61 Å². The number of rotatable bonds is 6. The molecule has 0 unspecified atom stereocenters. The zero-order chi connectivity index (χ0) is 21.2. The molecule has 0 amide bonds. The van der Waals surface area contributed by atoms with E-state index in [0.717, 1.165) is 11.1 Å². The van der Waals surface area contributed by atoms with E-state index in [0.29, 0.717) is 18.4 Å². The molecule has 3 rings (SSSR count). The molecule has 29 heavy (non-hydrogen) atoms. The lowest BCUT2D eigenvalue weighted by molar-refractivity contribution is -0.384. The Morgan fingerprint density at radius 1 is 1.07 bits per heavy atom. The van der Waals surface area contributed by atoms with Crippen LogP contribution in [-0.4, -0.2) is 24.1 Å². The number of nitro groups is 1. The topological polar surface area (TPSA) is 104 Å². The molecule has 0 bridgehead atoms. The molecule has 0 heterocycles. The number of nitro benzene ring substituents is 1. The molecular weight excluding hydrogens is 394 g/mol. The summed E-state index contributed by atoms with van der Waals surface area (Å²) in [5.74, 6) is -0.758. The Kier molecular flexibility index (Phi) is 5.75. The second kappa shape index (κ2) is 7.94. The van der Waals surface area contributed by atoms with Crippen LogP contribution >= 0.6 is 0 Å². The van der Waals surface area contributed by atoms with Gasteiger partial charge in [0.25, 0.3) is 5.69 Å². The van der Waals surface area contributed by atoms with Crippen LogP contribution in [0.4, 0.5) is 5.69 Å². The molecule has 154 valence electrons. The van der Waals surface area contributed by atoms with E-state index in [4.69, 9.17) is 4.74 Å². The van der Waals surface area contributed by atoms with E-state index in [1.54, 1.807) is 18.2 Å². The highest BCUT2D eigenvalue weighted by atomic mass is 32.2. The molecule has 0 atom stereocenters. The van der Waals surface area contributed by atoms with Crippen molar-refractivity contribution in [2.45, 2.75) is 55.8 Å². The summed E-state index contributed by atoms with van der Waals surface area (Å²) >= 11 is 0. The minimum atomic E-state index is -3.93. The fourth-order valence-electron chi connectivity index (χ4n) is 3.63. The highest BCUT2D eigenvalue weighted by Crippen LogP contribution is 2.42. The van der Waals surface area contributed by atoms with Gasteiger partial charge in [-0.1, -0.05) is 18.9 Å². The smallest absolute Gasteiger partial charge is 0.328 e. The lowest BCUT2D eigenvalue weighted by Crippen LogP contribution is -2.45. The minimum absolute atomic E-state index is 0.0651. The largest absolute Gasteiger partial charge is 0.460 e. The zero-order valence-electron chi connectivity index (χ0n) is 16.4. The quantitative estimate of drug-likeness (QED) is 0.399. The summed E-state index contributed by atoms with van der Waals surface area (Å²) in [6.45, 7) is 3.60. The van der Waals surface area contributed by atoms with E-state index in [9.17, 15) is 23.3 Å². The predicted octanol–water partition coefficient (Wildman–Crippen LogP) is 4.04. The number of aryl methyl sites for hydroxylation is 2. The van der Waals surface area contributed by atoms with E-state index < -0.39 is 25.5 Å². The van der Waals surface area contributed by atoms with E-state index in [1.807, 2.05) is 13.8 Å². The van der Waals surface area contributed by atoms with Crippen LogP contribution in [0.25, 0.3) is 0 Å². The summed E-state index contributed by atoms with van der Waals surface area (Å²) < 4.78 is 30.6. The third-order valence-electron chi connectivity index (χ3n) is 5.60. The Morgan fingerprint density at radius 2 is 1.69 bits per heavy atom. The van der Waals surface area contributed by atoms with Crippen LogP contribution < -0.4 is 0 Å². The number of benzene rings is 2. The van der Waals surface area contributed by atoms with Gasteiger partial charge in [-0.25, -0.2) is 8.42 Å². The summed E-state index contributed by atoms with van der Waals surface area (Å²) in [6.07, 6.45) is 1.72. The fraction of sp³-hybridized carbons (Fsp3) is 0.381. The van der Waals surface area contributed by atoms with E-state index in [2.05, 4.69) is 0 Å². The summed E-state index contributed by atoms with van der Waals surface area (Å²) in [6, 6.07) is 10.5. The summed E-state index contributed by atoms with van der Waals surface area (Å²) in [4.78, 5) is 23.3. The molecule has 1 fully saturated rings. The number of hydrogen-bond acceptors (Lipinski definition) is 6. The van der Waals surface area contributed by atoms with Crippen molar-refractivity contribution in [3.63, 3.8) is 0 Å². The zero-order valence-corrected chi connectivity index (χ0v) is 17.2. The van der Waals surface area contributed by atoms with E-state index >= 15 is 0 Å². The van der Waals surface area contributed by atoms with Crippen LogP contribution in [0.3, 0.4) is 0 Å². The number of ether oxygens (including phenoxy) is 1. The third kappa shape index (κ3) is 3.89. The maximum atomic E-state index is 13.4. The van der Waals surface area contributed by atoms with Crippen LogP contribution in [0.1, 0.15) is 42.4 Å². The van der Waals surface area contributed by atoms with Crippen molar-refractivity contribution in [3.05, 3.63) is 69.3 Å². The molecule has 0 radical (unpaired) electrons. The van der Waals surface area contributed by atoms with Crippen LogP contribution in [0.2, 0.25) is 0 Å². The lowest BCUT2D eigenvalue weighted by atomic mass is 10.1. The number of nitrogens with zero attached hydrogens (tertiary/aromatic N) is 1. The monoisotopic (exact) mass is 417 g/mol. The van der Waals surface area contributed by atoms with Gasteiger partial charge >= 0.3 is 5.97 Å². The van der Waals surface area contributed by atoms with Gasteiger partial charge in [0, 0.05) is 12.1 Å². The molecule has 2 aromatic rings. The summed E-state index contributed by atoms with van der Waals surface area (Å²) in [5, 5.41) is 10.7. The van der Waals surface area contributed by atoms with Crippen molar-refractivity contribution in [1.29, 1.82) is 0 Å². The van der Waals surface area contributed by atoms with Gasteiger partial charge < -0.3 is 4.74 Å². The van der Waals surface area contributed by atoms with Gasteiger partial charge in [0.15, 0.2) is 14.6 Å². The Labute approximate surface area is 169 Å². The van der Waals surface area contributed by atoms with Crippen molar-refractivity contribution in [2.24, 2.45) is 0 Å². The van der Waals surface area contributed by atoms with Crippen molar-refractivity contribution in [2.75, 3.05) is 0 Å². The number of carbonyl (C=O) groups excluding carboxylic acids is 1. The third-order valence-corrected chi connectivity index (χ3v) is 8.08. The maximum absolute atomic E-state index is 13.4. The van der Waals surface area contributed by atoms with Crippen molar-refractivity contribution in [1.82, 2.24) is 0 Å². The Hall–Kier alpha value is -2.74. The first-order valence-electron chi connectivity index (χ1n) is 9.40. The SMILES string of the molecule is Cc1ccc(S(=O)(=O)C2(C(=O)OCc3ccc([N+](=O)[O-])cc3)CCCC2)cc1C. The number of hydrogen-bond donors (Lipinski definition) is 0. The van der Waals surface area contributed by atoms with Gasteiger partial charge in [-0.15, -0.1) is 0 Å². The van der Waals surface area contributed by atoms with Gasteiger partial charge in [-0.05, 0) is 67.6 Å². The molecule has 2 aromatic carbocycles. The molecule has 1 aliphatic carbocycles. The number of non-ortho nitro benzene ring substituents is 1. The molecule has 0 spiro atoms. The predicted molar refractivity (Wildman–Crippen MR) is 107 cm³/mol. The molecular formula is C21H23NO6S. The average molecular weight is 417 g/mol. The molecule has 1 aliphatic rings. The number of esters is 1. The van der Waals surface area contributed by atoms with Crippen LogP contribution in [-0.2, 0) is 26.0 Å². The fourth-order valence-corrected chi connectivity index (χ4v) is 5.76. The Bertz CT molecular complexity index is 1040. The van der Waals surface area contributed by atoms with Gasteiger partial charge in [0.2, 0.25) is 0 Å². The standard InChI is InChI=1S/C21H23NO6S/c1-15-5-10-19(13-16(15)2)29(26,27)21(11-3-4-12-21)20(23)28-14-17-6-8-18(9-7-17)22(24)25/h5-10,13H,3-4,11-12,14H2,1-2H3. The highest BCUT2D eigenvalue weighted by Gasteiger charge is 2.54. The number of carbonyl (C=O) groups is 1.